The monoisotopic (exact) mass is 292 g/mol. The minimum atomic E-state index is 0.424. The second-order valence-electron chi connectivity index (χ2n) is 6.57. The van der Waals surface area contributed by atoms with Crippen LogP contribution in [0.15, 0.2) is 48.5 Å². The van der Waals surface area contributed by atoms with Gasteiger partial charge in [0.05, 0.1) is 6.04 Å². The van der Waals surface area contributed by atoms with Gasteiger partial charge < -0.3 is 5.32 Å². The highest BCUT2D eigenvalue weighted by molar-refractivity contribution is 5.44. The lowest BCUT2D eigenvalue weighted by atomic mass is 9.93. The van der Waals surface area contributed by atoms with Crippen LogP contribution in [0.4, 0.5) is 0 Å². The molecule has 1 aliphatic heterocycles. The Morgan fingerprint density at radius 2 is 1.50 bits per heavy atom. The first-order valence-corrected chi connectivity index (χ1v) is 8.43. The predicted molar refractivity (Wildman–Crippen MR) is 91.2 cm³/mol. The van der Waals surface area contributed by atoms with Gasteiger partial charge in [-0.15, -0.1) is 0 Å². The Labute approximate surface area is 133 Å². The zero-order chi connectivity index (χ0) is 14.9. The van der Waals surface area contributed by atoms with Gasteiger partial charge in [0.2, 0.25) is 0 Å². The number of nitrogens with zero attached hydrogens (tertiary/aromatic N) is 1. The van der Waals surface area contributed by atoms with Crippen molar-refractivity contribution in [1.29, 1.82) is 0 Å². The molecule has 114 valence electrons. The predicted octanol–water partition coefficient (Wildman–Crippen LogP) is 3.17. The van der Waals surface area contributed by atoms with Gasteiger partial charge in [0.25, 0.3) is 0 Å². The van der Waals surface area contributed by atoms with E-state index in [1.807, 2.05) is 0 Å². The van der Waals surface area contributed by atoms with Crippen molar-refractivity contribution < 1.29 is 0 Å². The summed E-state index contributed by atoms with van der Waals surface area (Å²) in [7, 11) is 2.09. The average molecular weight is 292 g/mol. The summed E-state index contributed by atoms with van der Waals surface area (Å²) in [5.41, 5.74) is 6.08. The molecule has 0 amide bonds. The number of aryl methyl sites for hydroxylation is 2. The maximum atomic E-state index is 3.45. The van der Waals surface area contributed by atoms with Crippen LogP contribution in [0.25, 0.3) is 0 Å². The van der Waals surface area contributed by atoms with Gasteiger partial charge in [-0.3, -0.25) is 4.90 Å². The summed E-state index contributed by atoms with van der Waals surface area (Å²) in [5.74, 6) is 0. The van der Waals surface area contributed by atoms with E-state index in [-0.39, 0.29) is 0 Å². The standard InChI is InChI=1S/C20H24N2/c1-21-17-12-13-22(14-17)20-18-8-4-2-6-15(18)10-11-16-7-3-5-9-19(16)20/h2-9,17,20-21H,10-14H2,1H3. The summed E-state index contributed by atoms with van der Waals surface area (Å²) >= 11 is 0. The summed E-state index contributed by atoms with van der Waals surface area (Å²) in [6, 6.07) is 19.1. The van der Waals surface area contributed by atoms with E-state index >= 15 is 0 Å². The molecule has 2 aromatic carbocycles. The van der Waals surface area contributed by atoms with Gasteiger partial charge in [0, 0.05) is 19.1 Å². The van der Waals surface area contributed by atoms with Crippen molar-refractivity contribution in [1.82, 2.24) is 10.2 Å². The Morgan fingerprint density at radius 3 is 2.05 bits per heavy atom. The third kappa shape index (κ3) is 2.37. The van der Waals surface area contributed by atoms with E-state index in [0.717, 1.165) is 19.4 Å². The van der Waals surface area contributed by atoms with Crippen LogP contribution < -0.4 is 5.32 Å². The molecule has 0 bridgehead atoms. The molecule has 1 saturated heterocycles. The number of rotatable bonds is 2. The zero-order valence-electron chi connectivity index (χ0n) is 13.3. The molecule has 2 aliphatic rings. The van der Waals surface area contributed by atoms with Crippen molar-refractivity contribution in [3.63, 3.8) is 0 Å². The lowest BCUT2D eigenvalue weighted by Crippen LogP contribution is -2.33. The molecule has 1 fully saturated rings. The summed E-state index contributed by atoms with van der Waals surface area (Å²) in [4.78, 5) is 2.67. The van der Waals surface area contributed by atoms with E-state index in [4.69, 9.17) is 0 Å². The largest absolute Gasteiger partial charge is 0.316 e. The van der Waals surface area contributed by atoms with E-state index in [1.165, 1.54) is 35.2 Å². The van der Waals surface area contributed by atoms with E-state index < -0.39 is 0 Å². The molecule has 1 aliphatic carbocycles. The molecule has 2 nitrogen and oxygen atoms in total. The number of benzene rings is 2. The molecule has 0 saturated carbocycles. The molecule has 2 heteroatoms. The SMILES string of the molecule is CNC1CCN(C2c3ccccc3CCc3ccccc32)C1. The third-order valence-electron chi connectivity index (χ3n) is 5.36. The van der Waals surface area contributed by atoms with Crippen molar-refractivity contribution in [2.75, 3.05) is 20.1 Å². The zero-order valence-corrected chi connectivity index (χ0v) is 13.3. The molecule has 0 spiro atoms. The Kier molecular flexibility index (Phi) is 3.73. The maximum absolute atomic E-state index is 3.45. The second-order valence-corrected chi connectivity index (χ2v) is 6.57. The highest BCUT2D eigenvalue weighted by atomic mass is 15.2. The van der Waals surface area contributed by atoms with E-state index in [1.54, 1.807) is 0 Å². The van der Waals surface area contributed by atoms with Crippen LogP contribution in [0.1, 0.15) is 34.7 Å². The number of hydrogen-bond acceptors (Lipinski definition) is 2. The van der Waals surface area contributed by atoms with Crippen LogP contribution in [0, 0.1) is 0 Å². The first-order valence-electron chi connectivity index (χ1n) is 8.43. The molecular formula is C20H24N2. The van der Waals surface area contributed by atoms with Crippen molar-refractivity contribution in [3.05, 3.63) is 70.8 Å². The molecule has 0 aromatic heterocycles. The number of likely N-dealkylation sites (tertiary alicyclic amines) is 1. The molecular weight excluding hydrogens is 268 g/mol. The third-order valence-corrected chi connectivity index (χ3v) is 5.36. The molecule has 0 radical (unpaired) electrons. The first kappa shape index (κ1) is 14.0. The number of nitrogens with one attached hydrogen (secondary N) is 1. The Bertz CT molecular complexity index is 617. The van der Waals surface area contributed by atoms with Crippen molar-refractivity contribution in [2.24, 2.45) is 0 Å². The number of hydrogen-bond donors (Lipinski definition) is 1. The van der Waals surface area contributed by atoms with Crippen molar-refractivity contribution >= 4 is 0 Å². The fourth-order valence-corrected chi connectivity index (χ4v) is 4.14. The van der Waals surface area contributed by atoms with Crippen LogP contribution in [-0.4, -0.2) is 31.1 Å². The molecule has 2 aromatic rings. The smallest absolute Gasteiger partial charge is 0.0607 e. The average Bonchev–Trinajstić information content (AvgIpc) is 2.97. The molecule has 22 heavy (non-hydrogen) atoms. The first-order chi connectivity index (χ1) is 10.9. The highest BCUT2D eigenvalue weighted by Gasteiger charge is 2.32. The van der Waals surface area contributed by atoms with E-state index in [9.17, 15) is 0 Å². The molecule has 1 atom stereocenters. The maximum Gasteiger partial charge on any atom is 0.0607 e. The van der Waals surface area contributed by atoms with Crippen LogP contribution in [0.5, 0.6) is 0 Å². The minimum absolute atomic E-state index is 0.424. The van der Waals surface area contributed by atoms with Crippen LogP contribution in [-0.2, 0) is 12.8 Å². The molecule has 4 rings (SSSR count). The summed E-state index contributed by atoms with van der Waals surface area (Å²) in [6.45, 7) is 2.32. The van der Waals surface area contributed by atoms with Crippen molar-refractivity contribution in [2.45, 2.75) is 31.3 Å². The summed E-state index contributed by atoms with van der Waals surface area (Å²) in [6.07, 6.45) is 3.57. The highest BCUT2D eigenvalue weighted by Crippen LogP contribution is 2.38. The normalized spacial score (nSPS) is 22.1. The number of fused-ring (bicyclic) bond motifs is 2. The topological polar surface area (TPSA) is 15.3 Å². The minimum Gasteiger partial charge on any atom is -0.316 e. The number of likely N-dealkylation sites (N-methyl/N-ethyl adjacent to an activating group) is 1. The quantitative estimate of drug-likeness (QED) is 0.914. The summed E-state index contributed by atoms with van der Waals surface area (Å²) < 4.78 is 0. The van der Waals surface area contributed by atoms with E-state index in [2.05, 4.69) is 65.8 Å². The van der Waals surface area contributed by atoms with Crippen LogP contribution in [0.2, 0.25) is 0 Å². The fourth-order valence-electron chi connectivity index (χ4n) is 4.14. The van der Waals surface area contributed by atoms with Crippen LogP contribution >= 0.6 is 0 Å². The van der Waals surface area contributed by atoms with Crippen molar-refractivity contribution in [3.8, 4) is 0 Å². The lowest BCUT2D eigenvalue weighted by molar-refractivity contribution is 0.273. The Morgan fingerprint density at radius 1 is 0.909 bits per heavy atom. The van der Waals surface area contributed by atoms with Gasteiger partial charge in [0.1, 0.15) is 0 Å². The molecule has 1 unspecified atom stereocenters. The Balaban J connectivity index is 1.81. The molecule has 1 N–H and O–H groups in total. The van der Waals surface area contributed by atoms with Gasteiger partial charge in [-0.1, -0.05) is 48.5 Å². The van der Waals surface area contributed by atoms with Gasteiger partial charge >= 0.3 is 0 Å². The van der Waals surface area contributed by atoms with Gasteiger partial charge in [0.15, 0.2) is 0 Å². The lowest BCUT2D eigenvalue weighted by Gasteiger charge is -2.30. The Hall–Kier alpha value is -1.64. The summed E-state index contributed by atoms with van der Waals surface area (Å²) in [5, 5.41) is 3.45. The van der Waals surface area contributed by atoms with E-state index in [0.29, 0.717) is 12.1 Å². The van der Waals surface area contributed by atoms with Gasteiger partial charge in [-0.2, -0.15) is 0 Å². The second kappa shape index (κ2) is 5.86. The van der Waals surface area contributed by atoms with Gasteiger partial charge in [-0.05, 0) is 48.6 Å². The van der Waals surface area contributed by atoms with Crippen LogP contribution in [0.3, 0.4) is 0 Å². The van der Waals surface area contributed by atoms with Gasteiger partial charge in [-0.25, -0.2) is 0 Å². The molecule has 1 heterocycles. The fraction of sp³-hybridized carbons (Fsp3) is 0.400.